The Morgan fingerprint density at radius 1 is 1.18 bits per heavy atom. The van der Waals surface area contributed by atoms with E-state index in [2.05, 4.69) is 32.9 Å². The molecule has 0 aromatic rings. The lowest BCUT2D eigenvalue weighted by atomic mass is 10.0. The zero-order valence-electron chi connectivity index (χ0n) is 8.27. The highest BCUT2D eigenvalue weighted by atomic mass is 14.0. The molecule has 1 unspecified atom stereocenters. The predicted molar refractivity (Wildman–Crippen MR) is 52.7 cm³/mol. The molecule has 0 aromatic heterocycles. The summed E-state index contributed by atoms with van der Waals surface area (Å²) in [5.41, 5.74) is 0. The van der Waals surface area contributed by atoms with Gasteiger partial charge in [0.2, 0.25) is 0 Å². The summed E-state index contributed by atoms with van der Waals surface area (Å²) < 4.78 is 0. The van der Waals surface area contributed by atoms with Gasteiger partial charge in [-0.05, 0) is 18.8 Å². The number of rotatable bonds is 6. The van der Waals surface area contributed by atoms with E-state index in [1.807, 2.05) is 0 Å². The maximum atomic E-state index is 2.34. The summed E-state index contributed by atoms with van der Waals surface area (Å²) >= 11 is 0. The monoisotopic (exact) mass is 154 g/mol. The molecule has 0 heteroatoms. The lowest BCUT2D eigenvalue weighted by Crippen LogP contribution is -1.88. The van der Waals surface area contributed by atoms with Crippen LogP contribution in [-0.4, -0.2) is 0 Å². The third-order valence-corrected chi connectivity index (χ3v) is 1.96. The molecule has 1 atom stereocenters. The van der Waals surface area contributed by atoms with Crippen molar-refractivity contribution in [2.75, 3.05) is 0 Å². The first-order valence-corrected chi connectivity index (χ1v) is 4.97. The average Bonchev–Trinajstić information content (AvgIpc) is 2.01. The first-order chi connectivity index (χ1) is 5.31. The summed E-state index contributed by atoms with van der Waals surface area (Å²) in [7, 11) is 0. The van der Waals surface area contributed by atoms with E-state index >= 15 is 0 Å². The molecule has 0 aliphatic carbocycles. The zero-order valence-corrected chi connectivity index (χ0v) is 8.27. The second-order valence-electron chi connectivity index (χ2n) is 3.31. The molecule has 66 valence electrons. The van der Waals surface area contributed by atoms with Gasteiger partial charge in [0.05, 0.1) is 0 Å². The van der Waals surface area contributed by atoms with Crippen molar-refractivity contribution in [3.8, 4) is 0 Å². The molecule has 0 bridgehead atoms. The molecule has 0 heterocycles. The number of allylic oxidation sites excluding steroid dienone is 2. The van der Waals surface area contributed by atoms with E-state index in [1.165, 1.54) is 32.1 Å². The van der Waals surface area contributed by atoms with Gasteiger partial charge in [0.15, 0.2) is 0 Å². The van der Waals surface area contributed by atoms with Gasteiger partial charge in [0.25, 0.3) is 0 Å². The molecule has 0 radical (unpaired) electrons. The Labute approximate surface area is 71.7 Å². The zero-order chi connectivity index (χ0) is 8.53. The van der Waals surface area contributed by atoms with Gasteiger partial charge in [-0.15, -0.1) is 0 Å². The second kappa shape index (κ2) is 7.84. The van der Waals surface area contributed by atoms with Crippen molar-refractivity contribution in [3.05, 3.63) is 12.2 Å². The summed E-state index contributed by atoms with van der Waals surface area (Å²) in [6, 6.07) is 0. The predicted octanol–water partition coefficient (Wildman–Crippen LogP) is 4.17. The van der Waals surface area contributed by atoms with E-state index in [9.17, 15) is 0 Å². The minimum Gasteiger partial charge on any atom is -0.0885 e. The van der Waals surface area contributed by atoms with Gasteiger partial charge in [-0.2, -0.15) is 0 Å². The molecule has 0 fully saturated rings. The Kier molecular flexibility index (Phi) is 7.66. The van der Waals surface area contributed by atoms with Gasteiger partial charge in [-0.3, -0.25) is 0 Å². The topological polar surface area (TPSA) is 0 Å². The number of unbranched alkanes of at least 4 members (excludes halogenated alkanes) is 2. The summed E-state index contributed by atoms with van der Waals surface area (Å²) in [5, 5.41) is 0. The summed E-state index contributed by atoms with van der Waals surface area (Å²) in [5.74, 6) is 0.793. The third kappa shape index (κ3) is 7.64. The smallest absolute Gasteiger partial charge is 0.0262 e. The molecule has 11 heavy (non-hydrogen) atoms. The van der Waals surface area contributed by atoms with Gasteiger partial charge in [-0.25, -0.2) is 0 Å². The Balaban J connectivity index is 3.21. The Morgan fingerprint density at radius 3 is 2.45 bits per heavy atom. The molecule has 0 spiro atoms. The molecule has 0 rings (SSSR count). The molecular formula is C11H22. The maximum Gasteiger partial charge on any atom is -0.0262 e. The van der Waals surface area contributed by atoms with Crippen LogP contribution in [0, 0.1) is 5.92 Å². The van der Waals surface area contributed by atoms with E-state index in [-0.39, 0.29) is 0 Å². The minimum absolute atomic E-state index is 0.793. The maximum absolute atomic E-state index is 2.34. The molecule has 0 amide bonds. The number of hydrogen-bond donors (Lipinski definition) is 0. The Morgan fingerprint density at radius 2 is 1.91 bits per heavy atom. The van der Waals surface area contributed by atoms with Gasteiger partial charge < -0.3 is 0 Å². The summed E-state index contributed by atoms with van der Waals surface area (Å²) in [6.07, 6.45) is 11.3. The van der Waals surface area contributed by atoms with E-state index in [0.29, 0.717) is 0 Å². The summed E-state index contributed by atoms with van der Waals surface area (Å²) in [4.78, 5) is 0. The van der Waals surface area contributed by atoms with Crippen LogP contribution >= 0.6 is 0 Å². The molecule has 0 saturated carbocycles. The van der Waals surface area contributed by atoms with Crippen molar-refractivity contribution >= 4 is 0 Å². The first kappa shape index (κ1) is 10.7. The number of hydrogen-bond acceptors (Lipinski definition) is 0. The molecule has 0 aromatic carbocycles. The first-order valence-electron chi connectivity index (χ1n) is 4.97. The Hall–Kier alpha value is -0.260. The van der Waals surface area contributed by atoms with E-state index < -0.39 is 0 Å². The molecule has 0 aliphatic rings. The van der Waals surface area contributed by atoms with Gasteiger partial charge in [0, 0.05) is 0 Å². The van der Waals surface area contributed by atoms with Crippen LogP contribution in [0.15, 0.2) is 12.2 Å². The van der Waals surface area contributed by atoms with Crippen LogP contribution < -0.4 is 0 Å². The highest BCUT2D eigenvalue weighted by Gasteiger charge is 1.94. The van der Waals surface area contributed by atoms with Gasteiger partial charge in [0.1, 0.15) is 0 Å². The van der Waals surface area contributed by atoms with E-state index in [4.69, 9.17) is 0 Å². The van der Waals surface area contributed by atoms with Crippen LogP contribution in [0.4, 0.5) is 0 Å². The largest absolute Gasteiger partial charge is 0.0885 e. The fourth-order valence-electron chi connectivity index (χ4n) is 1.18. The fourth-order valence-corrected chi connectivity index (χ4v) is 1.18. The summed E-state index contributed by atoms with van der Waals surface area (Å²) in [6.45, 7) is 6.75. The molecule has 0 nitrogen and oxygen atoms in total. The molecule has 0 aliphatic heterocycles. The lowest BCUT2D eigenvalue weighted by Gasteiger charge is -2.03. The van der Waals surface area contributed by atoms with Crippen LogP contribution in [0.25, 0.3) is 0 Å². The third-order valence-electron chi connectivity index (χ3n) is 1.96. The van der Waals surface area contributed by atoms with Crippen molar-refractivity contribution in [1.29, 1.82) is 0 Å². The normalized spacial score (nSPS) is 14.1. The fraction of sp³-hybridized carbons (Fsp3) is 0.818. The highest BCUT2D eigenvalue weighted by Crippen LogP contribution is 2.10. The SMILES string of the molecule is CC/C=C/C(C)CCCCC. The van der Waals surface area contributed by atoms with Gasteiger partial charge >= 0.3 is 0 Å². The van der Waals surface area contributed by atoms with Crippen LogP contribution in [0.3, 0.4) is 0 Å². The molecular weight excluding hydrogens is 132 g/mol. The van der Waals surface area contributed by atoms with E-state index in [1.54, 1.807) is 0 Å². The standard InChI is InChI=1S/C11H22/c1-4-6-8-10-11(3)9-7-5-2/h7,9,11H,4-6,8,10H2,1-3H3/b9-7+. The van der Waals surface area contributed by atoms with Crippen LogP contribution in [0.5, 0.6) is 0 Å². The van der Waals surface area contributed by atoms with Crippen molar-refractivity contribution in [2.45, 2.75) is 52.9 Å². The second-order valence-corrected chi connectivity index (χ2v) is 3.31. The quantitative estimate of drug-likeness (QED) is 0.398. The average molecular weight is 154 g/mol. The molecule has 0 N–H and O–H groups in total. The van der Waals surface area contributed by atoms with Crippen LogP contribution in [0.2, 0.25) is 0 Å². The Bertz CT molecular complexity index is 92.2. The van der Waals surface area contributed by atoms with Crippen molar-refractivity contribution < 1.29 is 0 Å². The van der Waals surface area contributed by atoms with Gasteiger partial charge in [-0.1, -0.05) is 52.2 Å². The minimum atomic E-state index is 0.793. The van der Waals surface area contributed by atoms with Crippen molar-refractivity contribution in [2.24, 2.45) is 5.92 Å². The van der Waals surface area contributed by atoms with Crippen LogP contribution in [-0.2, 0) is 0 Å². The van der Waals surface area contributed by atoms with Crippen molar-refractivity contribution in [3.63, 3.8) is 0 Å². The molecule has 0 saturated heterocycles. The van der Waals surface area contributed by atoms with Crippen LogP contribution in [0.1, 0.15) is 52.9 Å². The lowest BCUT2D eigenvalue weighted by molar-refractivity contribution is 0.575. The van der Waals surface area contributed by atoms with Crippen molar-refractivity contribution in [1.82, 2.24) is 0 Å². The highest BCUT2D eigenvalue weighted by molar-refractivity contribution is 4.84. The van der Waals surface area contributed by atoms with E-state index in [0.717, 1.165) is 5.92 Å².